The average Bonchev–Trinajstić information content (AvgIpc) is 2.22. The van der Waals surface area contributed by atoms with Crippen LogP contribution in [0.3, 0.4) is 0 Å². The zero-order chi connectivity index (χ0) is 12.8. The highest BCUT2D eigenvalue weighted by molar-refractivity contribution is 6.32. The summed E-state index contributed by atoms with van der Waals surface area (Å²) >= 11 is 5.78. The Morgan fingerprint density at radius 1 is 1.29 bits per heavy atom. The summed E-state index contributed by atoms with van der Waals surface area (Å²) in [5.41, 5.74) is -0.829. The first-order valence-corrected chi connectivity index (χ1v) is 5.02. The van der Waals surface area contributed by atoms with E-state index < -0.39 is 17.6 Å². The molecule has 2 nitrogen and oxygen atoms in total. The molecule has 0 N–H and O–H groups in total. The molecule has 2 rings (SSSR count). The summed E-state index contributed by atoms with van der Waals surface area (Å²) in [6.07, 6.45) is -4.64. The lowest BCUT2D eigenvalue weighted by atomic mass is 10.1. The van der Waals surface area contributed by atoms with Crippen LogP contribution in [-0.2, 0) is 6.18 Å². The predicted molar refractivity (Wildman–Crippen MR) is 55.9 cm³/mol. The van der Waals surface area contributed by atoms with E-state index in [-0.39, 0.29) is 15.9 Å². The molecular weight excluding hydrogens is 255 g/mol. The van der Waals surface area contributed by atoms with Crippen molar-refractivity contribution in [3.63, 3.8) is 0 Å². The lowest BCUT2D eigenvalue weighted by Gasteiger charge is -2.15. The number of hydrogen-bond donors (Lipinski definition) is 0. The maximum absolute atomic E-state index is 12.5. The second-order valence-corrected chi connectivity index (χ2v) is 3.98. The molecule has 6 heteroatoms. The third-order valence-corrected chi connectivity index (χ3v) is 2.83. The molecule has 90 valence electrons. The Balaban J connectivity index is 2.84. The second kappa shape index (κ2) is 3.77. The molecule has 1 aromatic heterocycles. The van der Waals surface area contributed by atoms with Crippen molar-refractivity contribution in [2.45, 2.75) is 13.1 Å². The molecule has 1 heterocycles. The van der Waals surface area contributed by atoms with E-state index in [9.17, 15) is 18.3 Å². The highest BCUT2D eigenvalue weighted by atomic mass is 35.5. The zero-order valence-corrected chi connectivity index (χ0v) is 9.36. The number of alkyl halides is 3. The van der Waals surface area contributed by atoms with E-state index in [1.807, 2.05) is 0 Å². The third kappa shape index (κ3) is 2.02. The van der Waals surface area contributed by atoms with Crippen LogP contribution in [0.4, 0.5) is 13.2 Å². The highest BCUT2D eigenvalue weighted by Gasteiger charge is 2.32. The van der Waals surface area contributed by atoms with Gasteiger partial charge in [-0.05, 0) is 30.0 Å². The highest BCUT2D eigenvalue weighted by Crippen LogP contribution is 2.34. The molecule has 0 aliphatic heterocycles. The number of rotatable bonds is 0. The number of halogens is 4. The van der Waals surface area contributed by atoms with Crippen molar-refractivity contribution in [2.75, 3.05) is 0 Å². The summed E-state index contributed by atoms with van der Waals surface area (Å²) in [5.74, 6) is -0.706. The maximum atomic E-state index is 12.5. The van der Waals surface area contributed by atoms with Gasteiger partial charge in [-0.25, -0.2) is 4.98 Å². The minimum Gasteiger partial charge on any atom is -0.872 e. The molecule has 0 bridgehead atoms. The Kier molecular flexibility index (Phi) is 2.66. The Hall–Kier alpha value is -1.49. The average molecular weight is 261 g/mol. The van der Waals surface area contributed by atoms with Crippen molar-refractivity contribution < 1.29 is 18.3 Å². The number of pyridine rings is 1. The normalized spacial score (nSPS) is 12.1. The molecule has 1 aromatic carbocycles. The van der Waals surface area contributed by atoms with Crippen molar-refractivity contribution in [3.05, 3.63) is 34.5 Å². The van der Waals surface area contributed by atoms with Gasteiger partial charge < -0.3 is 5.11 Å². The molecule has 0 aliphatic rings. The summed E-state index contributed by atoms with van der Waals surface area (Å²) in [4.78, 5) is 3.46. The van der Waals surface area contributed by atoms with Gasteiger partial charge in [0.2, 0.25) is 0 Å². The molecule has 0 fully saturated rings. The van der Waals surface area contributed by atoms with E-state index in [1.54, 1.807) is 0 Å². The Labute approximate surface area is 99.7 Å². The van der Waals surface area contributed by atoms with Crippen molar-refractivity contribution in [1.29, 1.82) is 0 Å². The minimum absolute atomic E-state index is 0.00248. The number of aryl methyl sites for hydroxylation is 1. The molecule has 17 heavy (non-hydrogen) atoms. The van der Waals surface area contributed by atoms with Crippen LogP contribution >= 0.6 is 11.6 Å². The van der Waals surface area contributed by atoms with E-state index in [0.29, 0.717) is 11.6 Å². The van der Waals surface area contributed by atoms with E-state index in [4.69, 9.17) is 11.6 Å². The summed E-state index contributed by atoms with van der Waals surface area (Å²) in [6.45, 7) is 1.53. The van der Waals surface area contributed by atoms with E-state index in [1.165, 1.54) is 19.1 Å². The quantitative estimate of drug-likeness (QED) is 0.729. The number of nitrogens with zero attached hydrogens (tertiary/aromatic N) is 1. The molecule has 0 radical (unpaired) electrons. The number of aromatic nitrogens is 1. The molecule has 0 atom stereocenters. The largest absolute Gasteiger partial charge is 0.872 e. The number of benzene rings is 1. The first-order chi connectivity index (χ1) is 7.80. The molecule has 0 aliphatic carbocycles. The molecule has 0 unspecified atom stereocenters. The molecule has 0 saturated heterocycles. The smallest absolute Gasteiger partial charge is 0.433 e. The van der Waals surface area contributed by atoms with Gasteiger partial charge in [-0.15, -0.1) is 0 Å². The van der Waals surface area contributed by atoms with Crippen molar-refractivity contribution >= 4 is 22.5 Å². The summed E-state index contributed by atoms with van der Waals surface area (Å²) in [6, 6.07) is 3.34. The van der Waals surface area contributed by atoms with Crippen molar-refractivity contribution in [3.8, 4) is 5.75 Å². The standard InChI is InChI=1S/C11H7ClF3NO/c1-5-7(12)3-2-6-8(17)4-9(11(13,14)15)16-10(5)6/h2-4H,1H3,(H,16,17)/p-1. The fourth-order valence-electron chi connectivity index (χ4n) is 1.52. The van der Waals surface area contributed by atoms with Crippen LogP contribution < -0.4 is 5.11 Å². The first kappa shape index (κ1) is 12.0. The monoisotopic (exact) mass is 260 g/mol. The van der Waals surface area contributed by atoms with Gasteiger partial charge in [0, 0.05) is 5.02 Å². The minimum atomic E-state index is -4.64. The van der Waals surface area contributed by atoms with Gasteiger partial charge in [0.15, 0.2) is 0 Å². The van der Waals surface area contributed by atoms with Crippen LogP contribution in [0.2, 0.25) is 5.02 Å². The van der Waals surface area contributed by atoms with Gasteiger partial charge in [0.05, 0.1) is 5.52 Å². The van der Waals surface area contributed by atoms with Crippen LogP contribution in [0.1, 0.15) is 11.3 Å². The summed E-state index contributed by atoms with van der Waals surface area (Å²) in [7, 11) is 0. The second-order valence-electron chi connectivity index (χ2n) is 3.57. The Morgan fingerprint density at radius 2 is 1.94 bits per heavy atom. The summed E-state index contributed by atoms with van der Waals surface area (Å²) < 4.78 is 37.5. The van der Waals surface area contributed by atoms with Gasteiger partial charge in [-0.3, -0.25) is 0 Å². The summed E-state index contributed by atoms with van der Waals surface area (Å²) in [5, 5.41) is 11.9. The van der Waals surface area contributed by atoms with Gasteiger partial charge >= 0.3 is 6.18 Å². The van der Waals surface area contributed by atoms with Crippen LogP contribution in [0.25, 0.3) is 10.9 Å². The van der Waals surface area contributed by atoms with Gasteiger partial charge in [-0.1, -0.05) is 23.4 Å². The van der Waals surface area contributed by atoms with E-state index in [0.717, 1.165) is 0 Å². The fourth-order valence-corrected chi connectivity index (χ4v) is 1.67. The van der Waals surface area contributed by atoms with E-state index in [2.05, 4.69) is 4.98 Å². The van der Waals surface area contributed by atoms with Crippen molar-refractivity contribution in [2.24, 2.45) is 0 Å². The van der Waals surface area contributed by atoms with Gasteiger partial charge in [-0.2, -0.15) is 13.2 Å². The zero-order valence-electron chi connectivity index (χ0n) is 8.60. The van der Waals surface area contributed by atoms with E-state index >= 15 is 0 Å². The Morgan fingerprint density at radius 3 is 2.53 bits per heavy atom. The number of hydrogen-bond acceptors (Lipinski definition) is 2. The molecule has 2 aromatic rings. The van der Waals surface area contributed by atoms with Gasteiger partial charge in [0.1, 0.15) is 5.69 Å². The van der Waals surface area contributed by atoms with Gasteiger partial charge in [0.25, 0.3) is 0 Å². The van der Waals surface area contributed by atoms with Crippen LogP contribution in [-0.4, -0.2) is 4.98 Å². The lowest BCUT2D eigenvalue weighted by Crippen LogP contribution is -2.10. The van der Waals surface area contributed by atoms with Crippen LogP contribution in [0.5, 0.6) is 5.75 Å². The van der Waals surface area contributed by atoms with Crippen LogP contribution in [0, 0.1) is 6.92 Å². The first-order valence-electron chi connectivity index (χ1n) is 4.65. The molecular formula is C11H6ClF3NO-. The topological polar surface area (TPSA) is 36.0 Å². The lowest BCUT2D eigenvalue weighted by molar-refractivity contribution is -0.266. The molecule has 0 amide bonds. The molecule has 0 spiro atoms. The van der Waals surface area contributed by atoms with Crippen molar-refractivity contribution in [1.82, 2.24) is 4.98 Å². The predicted octanol–water partition coefficient (Wildman–Crippen LogP) is 3.29. The van der Waals surface area contributed by atoms with Crippen LogP contribution in [0.15, 0.2) is 18.2 Å². The third-order valence-electron chi connectivity index (χ3n) is 2.42. The fraction of sp³-hybridized carbons (Fsp3) is 0.182. The molecule has 0 saturated carbocycles. The number of fused-ring (bicyclic) bond motifs is 1. The SMILES string of the molecule is Cc1c(Cl)ccc2c([O-])cc(C(F)(F)F)nc12. The maximum Gasteiger partial charge on any atom is 0.433 e. The Bertz CT molecular complexity index is 595.